The molecule has 5 rings (SSSR count). The van der Waals surface area contributed by atoms with Crippen LogP contribution in [0.4, 0.5) is 13.2 Å². The van der Waals surface area contributed by atoms with Crippen molar-refractivity contribution >= 4 is 10.9 Å². The third-order valence-electron chi connectivity index (χ3n) is 4.90. The van der Waals surface area contributed by atoms with Crippen LogP contribution in [0.5, 0.6) is 0 Å². The fourth-order valence-electron chi connectivity index (χ4n) is 2.95. The summed E-state index contributed by atoms with van der Waals surface area (Å²) in [5.41, 5.74) is 5.10. The van der Waals surface area contributed by atoms with Crippen LogP contribution in [0.3, 0.4) is 0 Å². The number of hydrogen-bond donors (Lipinski definition) is 0. The van der Waals surface area contributed by atoms with E-state index < -0.39 is 0 Å². The lowest BCUT2D eigenvalue weighted by Gasteiger charge is -1.97. The van der Waals surface area contributed by atoms with Gasteiger partial charge in [0.15, 0.2) is 0 Å². The summed E-state index contributed by atoms with van der Waals surface area (Å²) in [6, 6.07) is 29.8. The van der Waals surface area contributed by atoms with Gasteiger partial charge in [-0.2, -0.15) is 0 Å². The van der Waals surface area contributed by atoms with Gasteiger partial charge in [0.05, 0.1) is 5.52 Å². The molecule has 4 heteroatoms. The number of pyridine rings is 1. The first-order valence-corrected chi connectivity index (χ1v) is 11.2. The maximum atomic E-state index is 12.3. The molecule has 0 atom stereocenters. The highest BCUT2D eigenvalue weighted by Gasteiger charge is 1.94. The molecular weight excluding hydrogens is 443 g/mol. The summed E-state index contributed by atoms with van der Waals surface area (Å²) >= 11 is 0. The normalized spacial score (nSPS) is 9.57. The number of rotatable bonds is 0. The summed E-state index contributed by atoms with van der Waals surface area (Å²) in [4.78, 5) is 4.28. The molecule has 0 bridgehead atoms. The summed E-state index contributed by atoms with van der Waals surface area (Å²) in [6.07, 6.45) is 1.83. The zero-order valence-corrected chi connectivity index (χ0v) is 20.5. The number of aryl methyl sites for hydroxylation is 4. The predicted molar refractivity (Wildman–Crippen MR) is 140 cm³/mol. The Kier molecular flexibility index (Phi) is 11.2. The van der Waals surface area contributed by atoms with E-state index in [1.54, 1.807) is 37.3 Å². The Morgan fingerprint density at radius 2 is 1.14 bits per heavy atom. The van der Waals surface area contributed by atoms with Gasteiger partial charge in [0.2, 0.25) is 0 Å². The fourth-order valence-corrected chi connectivity index (χ4v) is 2.95. The van der Waals surface area contributed by atoms with E-state index in [-0.39, 0.29) is 17.5 Å². The molecule has 0 aliphatic carbocycles. The molecule has 0 radical (unpaired) electrons. The molecule has 4 aromatic carbocycles. The molecular formula is C31H30F3N. The maximum absolute atomic E-state index is 12.3. The van der Waals surface area contributed by atoms with Crippen LogP contribution in [-0.4, -0.2) is 4.98 Å². The van der Waals surface area contributed by atoms with Gasteiger partial charge in [-0.25, -0.2) is 13.2 Å². The van der Waals surface area contributed by atoms with Crippen molar-refractivity contribution in [1.82, 2.24) is 4.98 Å². The van der Waals surface area contributed by atoms with E-state index in [9.17, 15) is 13.2 Å². The molecule has 0 N–H and O–H groups in total. The zero-order chi connectivity index (χ0) is 25.6. The molecule has 0 saturated heterocycles. The molecule has 0 aliphatic rings. The number of halogens is 3. The SMILES string of the molecule is Cc1ccc(F)cc1.Cc1cccc(F)c1.Cc1cccc2cccnc12.Cc1ccccc1F. The van der Waals surface area contributed by atoms with Crippen LogP contribution in [0.15, 0.2) is 109 Å². The van der Waals surface area contributed by atoms with Crippen molar-refractivity contribution in [3.05, 3.63) is 149 Å². The predicted octanol–water partition coefficient (Wildman–Crippen LogP) is 8.95. The Hall–Kier alpha value is -3.92. The lowest BCUT2D eigenvalue weighted by molar-refractivity contribution is 0.618. The van der Waals surface area contributed by atoms with Gasteiger partial charge in [-0.1, -0.05) is 72.3 Å². The summed E-state index contributed by atoms with van der Waals surface area (Å²) in [6.45, 7) is 7.62. The minimum absolute atomic E-state index is 0.132. The van der Waals surface area contributed by atoms with Crippen LogP contribution in [0.2, 0.25) is 0 Å². The third kappa shape index (κ3) is 10.3. The van der Waals surface area contributed by atoms with Crippen molar-refractivity contribution in [3.63, 3.8) is 0 Å². The second kappa shape index (κ2) is 14.4. The highest BCUT2D eigenvalue weighted by molar-refractivity contribution is 5.81. The summed E-state index contributed by atoms with van der Waals surface area (Å²) in [5, 5.41) is 1.22. The van der Waals surface area contributed by atoms with E-state index in [1.807, 2.05) is 38.2 Å². The lowest BCUT2D eigenvalue weighted by atomic mass is 10.1. The Bertz CT molecular complexity index is 1250. The van der Waals surface area contributed by atoms with Crippen LogP contribution in [0.1, 0.15) is 22.3 Å². The molecule has 180 valence electrons. The number of para-hydroxylation sites is 1. The first-order valence-electron chi connectivity index (χ1n) is 11.2. The lowest BCUT2D eigenvalue weighted by Crippen LogP contribution is -1.80. The Morgan fingerprint density at radius 3 is 1.66 bits per heavy atom. The van der Waals surface area contributed by atoms with Gasteiger partial charge in [0.25, 0.3) is 0 Å². The second-order valence-electron chi connectivity index (χ2n) is 7.99. The van der Waals surface area contributed by atoms with E-state index in [1.165, 1.54) is 41.3 Å². The summed E-state index contributed by atoms with van der Waals surface area (Å²) in [7, 11) is 0. The average Bonchev–Trinajstić information content (AvgIpc) is 2.84. The smallest absolute Gasteiger partial charge is 0.126 e. The molecule has 1 aromatic heterocycles. The van der Waals surface area contributed by atoms with Gasteiger partial charge >= 0.3 is 0 Å². The van der Waals surface area contributed by atoms with Gasteiger partial charge in [0.1, 0.15) is 17.5 Å². The van der Waals surface area contributed by atoms with Crippen molar-refractivity contribution in [2.45, 2.75) is 27.7 Å². The standard InChI is InChI=1S/C10H9N.3C7H7F/c1-8-4-2-5-9-6-3-7-11-10(8)9;1-6-2-4-7(8)5-3-6;1-6-3-2-4-7(8)5-6;1-6-4-2-3-5-7(6)8/h2-7H,1H3;3*2-5H,1H3. The first kappa shape index (κ1) is 27.3. The third-order valence-corrected chi connectivity index (χ3v) is 4.90. The highest BCUT2D eigenvalue weighted by Crippen LogP contribution is 2.13. The van der Waals surface area contributed by atoms with Crippen molar-refractivity contribution in [3.8, 4) is 0 Å². The number of aromatic nitrogens is 1. The van der Waals surface area contributed by atoms with Gasteiger partial charge in [0, 0.05) is 11.6 Å². The van der Waals surface area contributed by atoms with Crippen LogP contribution in [0, 0.1) is 45.1 Å². The van der Waals surface area contributed by atoms with Crippen LogP contribution in [-0.2, 0) is 0 Å². The van der Waals surface area contributed by atoms with E-state index in [4.69, 9.17) is 0 Å². The monoisotopic (exact) mass is 473 g/mol. The Morgan fingerprint density at radius 1 is 0.514 bits per heavy atom. The quantitative estimate of drug-likeness (QED) is 0.219. The Labute approximate surface area is 205 Å². The topological polar surface area (TPSA) is 12.9 Å². The molecule has 0 aliphatic heterocycles. The highest BCUT2D eigenvalue weighted by atomic mass is 19.1. The minimum Gasteiger partial charge on any atom is -0.256 e. The first-order chi connectivity index (χ1) is 16.8. The molecule has 0 unspecified atom stereocenters. The van der Waals surface area contributed by atoms with Gasteiger partial charge in [-0.3, -0.25) is 4.98 Å². The molecule has 0 spiro atoms. The van der Waals surface area contributed by atoms with Crippen molar-refractivity contribution in [2.75, 3.05) is 0 Å². The number of benzene rings is 4. The average molecular weight is 474 g/mol. The van der Waals surface area contributed by atoms with Crippen LogP contribution >= 0.6 is 0 Å². The maximum Gasteiger partial charge on any atom is 0.126 e. The molecule has 5 aromatic rings. The van der Waals surface area contributed by atoms with E-state index in [0.29, 0.717) is 5.56 Å². The van der Waals surface area contributed by atoms with E-state index in [0.717, 1.165) is 16.6 Å². The second-order valence-corrected chi connectivity index (χ2v) is 7.99. The molecule has 0 amide bonds. The summed E-state index contributed by atoms with van der Waals surface area (Å²) < 4.78 is 36.6. The van der Waals surface area contributed by atoms with Crippen LogP contribution in [0.25, 0.3) is 10.9 Å². The number of nitrogens with zero attached hydrogens (tertiary/aromatic N) is 1. The van der Waals surface area contributed by atoms with E-state index in [2.05, 4.69) is 36.2 Å². The molecule has 1 nitrogen and oxygen atoms in total. The van der Waals surface area contributed by atoms with Crippen molar-refractivity contribution < 1.29 is 13.2 Å². The fraction of sp³-hybridized carbons (Fsp3) is 0.129. The molecule has 0 saturated carbocycles. The minimum atomic E-state index is -0.171. The molecule has 0 fully saturated rings. The summed E-state index contributed by atoms with van der Waals surface area (Å²) in [5.74, 6) is -0.465. The van der Waals surface area contributed by atoms with E-state index >= 15 is 0 Å². The largest absolute Gasteiger partial charge is 0.256 e. The van der Waals surface area contributed by atoms with Crippen molar-refractivity contribution in [2.24, 2.45) is 0 Å². The molecule has 1 heterocycles. The van der Waals surface area contributed by atoms with Gasteiger partial charge in [-0.05, 0) is 80.8 Å². The van der Waals surface area contributed by atoms with Gasteiger partial charge < -0.3 is 0 Å². The number of hydrogen-bond acceptors (Lipinski definition) is 1. The van der Waals surface area contributed by atoms with Gasteiger partial charge in [-0.15, -0.1) is 0 Å². The zero-order valence-electron chi connectivity index (χ0n) is 20.5. The van der Waals surface area contributed by atoms with Crippen LogP contribution < -0.4 is 0 Å². The number of fused-ring (bicyclic) bond motifs is 1. The Balaban J connectivity index is 0.000000167. The molecule has 35 heavy (non-hydrogen) atoms. The van der Waals surface area contributed by atoms with Crippen molar-refractivity contribution in [1.29, 1.82) is 0 Å².